The van der Waals surface area contributed by atoms with Crippen LogP contribution < -0.4 is 4.74 Å². The molecule has 0 spiro atoms. The summed E-state index contributed by atoms with van der Waals surface area (Å²) >= 11 is 0. The maximum absolute atomic E-state index is 6.95. The van der Waals surface area contributed by atoms with E-state index in [9.17, 15) is 0 Å². The predicted octanol–water partition coefficient (Wildman–Crippen LogP) is 23.7. The summed E-state index contributed by atoms with van der Waals surface area (Å²) in [4.78, 5) is 15.0. The molecule has 0 amide bonds. The summed E-state index contributed by atoms with van der Waals surface area (Å²) in [5, 5.41) is 4.96. The van der Waals surface area contributed by atoms with Gasteiger partial charge >= 0.3 is 0 Å². The van der Waals surface area contributed by atoms with Crippen molar-refractivity contribution >= 4 is 43.6 Å². The van der Waals surface area contributed by atoms with Crippen molar-refractivity contribution in [2.45, 2.75) is 12.0 Å². The fourth-order valence-electron chi connectivity index (χ4n) is 15.1. The Bertz CT molecular complexity index is 6000. The zero-order chi connectivity index (χ0) is 65.3. The van der Waals surface area contributed by atoms with Crippen molar-refractivity contribution in [2.75, 3.05) is 0 Å². The van der Waals surface area contributed by atoms with Crippen LogP contribution in [0.2, 0.25) is 0 Å². The minimum atomic E-state index is -0.0782. The van der Waals surface area contributed by atoms with Gasteiger partial charge in [0.2, 0.25) is 0 Å². The van der Waals surface area contributed by atoms with E-state index in [4.69, 9.17) is 19.7 Å². The van der Waals surface area contributed by atoms with Crippen molar-refractivity contribution in [3.05, 3.63) is 364 Å². The van der Waals surface area contributed by atoms with Gasteiger partial charge in [0, 0.05) is 66.7 Å². The smallest absolute Gasteiger partial charge is 0.164 e. The molecule has 6 nitrogen and oxygen atoms in total. The molecule has 14 aromatic carbocycles. The first-order chi connectivity index (χ1) is 49.0. The predicted molar refractivity (Wildman–Crippen MR) is 408 cm³/mol. The molecule has 0 fully saturated rings. The van der Waals surface area contributed by atoms with Crippen LogP contribution in [0.1, 0.15) is 11.5 Å². The Morgan fingerprint density at radius 3 is 1.10 bits per heavy atom. The molecule has 2 unspecified atom stereocenters. The zero-order valence-electron chi connectivity index (χ0n) is 53.9. The van der Waals surface area contributed by atoms with Gasteiger partial charge in [-0.15, -0.1) is 0 Å². The average Bonchev–Trinajstić information content (AvgIpc) is 1.63. The third-order valence-electron chi connectivity index (χ3n) is 19.9. The number of aromatic nitrogens is 5. The first-order valence-corrected chi connectivity index (χ1v) is 33.9. The number of para-hydroxylation sites is 3. The summed E-state index contributed by atoms with van der Waals surface area (Å²) < 4.78 is 11.8. The Morgan fingerprint density at radius 1 is 0.242 bits per heavy atom. The number of hydrogen-bond acceptors (Lipinski definition) is 4. The molecule has 0 bridgehead atoms. The molecule has 17 aromatic rings. The van der Waals surface area contributed by atoms with Gasteiger partial charge in [-0.25, -0.2) is 15.0 Å². The van der Waals surface area contributed by atoms with E-state index in [0.29, 0.717) is 17.5 Å². The second kappa shape index (κ2) is 24.0. The van der Waals surface area contributed by atoms with Crippen LogP contribution in [-0.4, -0.2) is 30.2 Å². The van der Waals surface area contributed by atoms with Crippen LogP contribution in [0.4, 0.5) is 0 Å². The Kier molecular flexibility index (Phi) is 13.9. The lowest BCUT2D eigenvalue weighted by molar-refractivity contribution is 0.270. The van der Waals surface area contributed by atoms with E-state index in [-0.39, 0.29) is 12.0 Å². The van der Waals surface area contributed by atoms with Gasteiger partial charge in [-0.1, -0.05) is 255 Å². The Morgan fingerprint density at radius 2 is 0.596 bits per heavy atom. The van der Waals surface area contributed by atoms with Crippen LogP contribution in [0.15, 0.2) is 358 Å². The third kappa shape index (κ3) is 10.3. The molecule has 2 atom stereocenters. The van der Waals surface area contributed by atoms with E-state index < -0.39 is 0 Å². The average molecular weight is 1260 g/mol. The van der Waals surface area contributed by atoms with E-state index in [0.717, 1.165) is 101 Å². The lowest BCUT2D eigenvalue weighted by Crippen LogP contribution is -2.15. The molecule has 6 heteroatoms. The monoisotopic (exact) mass is 1260 g/mol. The van der Waals surface area contributed by atoms with Gasteiger partial charge in [0.1, 0.15) is 11.9 Å². The van der Waals surface area contributed by atoms with E-state index in [1.807, 2.05) is 60.7 Å². The van der Waals surface area contributed by atoms with Gasteiger partial charge in [-0.05, 0) is 175 Å². The van der Waals surface area contributed by atoms with Crippen molar-refractivity contribution in [3.8, 4) is 129 Å². The number of allylic oxidation sites excluding steroid dienone is 2. The van der Waals surface area contributed by atoms with Gasteiger partial charge < -0.3 is 13.9 Å². The number of fused-ring (bicyclic) bond motifs is 9. The topological polar surface area (TPSA) is 57.8 Å². The lowest BCUT2D eigenvalue weighted by Gasteiger charge is -2.15. The molecule has 19 rings (SSSR count). The standard InChI is InChI=1S/C93H61N5O/c1-3-22-60(23-4-1)91-94-92(61-24-5-2-6-25-61)96-93(95-91)74-37-19-32-68(54-74)64-28-15-27-63(50-64)67-31-18-36-73(53-67)82-58-75(59-84-81-43-10-14-47-89(81)99-90(82)84)69-33-17-29-65(52-69)62-26-16-30-66(51-62)70-34-20-39-77(55-70)98-87-46-13-9-42-80(87)83-57-72(48-49-88(83)98)71-35-21-38-76(56-71)97-85-44-11-7-40-78(85)79-41-8-12-45-86(79)97/h1-59,81,89H. The van der Waals surface area contributed by atoms with Crippen molar-refractivity contribution in [1.29, 1.82) is 0 Å². The Hall–Kier alpha value is -13.0. The SMILES string of the molecule is C1=CC2Oc3c(-c4cccc(-c5cccc(-c6cccc(-c7nc(-c8ccccc8)nc(-c8ccccc8)n7)c6)c5)c4)cc(-c4cccc(-c5cccc(-c6cccc(-n7c8ccccc8c8cc(-c9cccc(-n%10c%11ccccc%11c%11ccccc%11%10)c9)ccc87)c6)c5)c4)cc3C2C=C1. The lowest BCUT2D eigenvalue weighted by atomic mass is 9.86. The maximum Gasteiger partial charge on any atom is 0.164 e. The van der Waals surface area contributed by atoms with Gasteiger partial charge in [-0.2, -0.15) is 0 Å². The number of hydrogen-bond donors (Lipinski definition) is 0. The van der Waals surface area contributed by atoms with Crippen LogP contribution in [-0.2, 0) is 0 Å². The Labute approximate surface area is 573 Å². The summed E-state index contributed by atoms with van der Waals surface area (Å²) in [5.74, 6) is 2.93. The molecule has 1 aliphatic heterocycles. The molecule has 3 aromatic heterocycles. The first-order valence-electron chi connectivity index (χ1n) is 33.9. The van der Waals surface area contributed by atoms with Crippen molar-refractivity contribution in [1.82, 2.24) is 24.1 Å². The van der Waals surface area contributed by atoms with Crippen LogP contribution >= 0.6 is 0 Å². The zero-order valence-corrected chi connectivity index (χ0v) is 53.9. The Balaban J connectivity index is 0.630. The number of benzene rings is 14. The largest absolute Gasteiger partial charge is 0.484 e. The molecular formula is C93H61N5O. The second-order valence-corrected chi connectivity index (χ2v) is 25.8. The fraction of sp³-hybridized carbons (Fsp3) is 0.0215. The fourth-order valence-corrected chi connectivity index (χ4v) is 15.1. The van der Waals surface area contributed by atoms with Crippen molar-refractivity contribution in [2.24, 2.45) is 0 Å². The van der Waals surface area contributed by atoms with E-state index >= 15 is 0 Å². The summed E-state index contributed by atoms with van der Waals surface area (Å²) in [6.45, 7) is 0. The van der Waals surface area contributed by atoms with E-state index in [1.54, 1.807) is 0 Å². The van der Waals surface area contributed by atoms with E-state index in [2.05, 4.69) is 306 Å². The molecule has 0 radical (unpaired) electrons. The quantitative estimate of drug-likeness (QED) is 0.122. The first kappa shape index (κ1) is 57.4. The summed E-state index contributed by atoms with van der Waals surface area (Å²) in [7, 11) is 0. The highest BCUT2D eigenvalue weighted by atomic mass is 16.5. The number of nitrogens with zero attached hydrogens (tertiary/aromatic N) is 5. The molecule has 0 saturated carbocycles. The van der Waals surface area contributed by atoms with Crippen molar-refractivity contribution < 1.29 is 4.74 Å². The van der Waals surface area contributed by atoms with Crippen LogP contribution in [0.5, 0.6) is 5.75 Å². The van der Waals surface area contributed by atoms with Gasteiger partial charge in [0.25, 0.3) is 0 Å². The summed E-state index contributed by atoms with van der Waals surface area (Å²) in [5.41, 5.74) is 26.8. The molecule has 464 valence electrons. The minimum Gasteiger partial charge on any atom is -0.484 e. The molecule has 2 aliphatic rings. The van der Waals surface area contributed by atoms with Gasteiger partial charge in [0.05, 0.1) is 22.1 Å². The maximum atomic E-state index is 6.95. The van der Waals surface area contributed by atoms with Crippen LogP contribution in [0.3, 0.4) is 0 Å². The highest BCUT2D eigenvalue weighted by molar-refractivity contribution is 6.11. The molecular weight excluding hydrogens is 1200 g/mol. The third-order valence-corrected chi connectivity index (χ3v) is 19.9. The van der Waals surface area contributed by atoms with Crippen LogP contribution in [0, 0.1) is 0 Å². The highest BCUT2D eigenvalue weighted by Crippen LogP contribution is 2.50. The molecule has 99 heavy (non-hydrogen) atoms. The summed E-state index contributed by atoms with van der Waals surface area (Å²) in [6.07, 6.45) is 8.65. The van der Waals surface area contributed by atoms with Crippen molar-refractivity contribution in [3.63, 3.8) is 0 Å². The molecule has 4 heterocycles. The summed E-state index contributed by atoms with van der Waals surface area (Å²) in [6, 6.07) is 120. The van der Waals surface area contributed by atoms with Crippen LogP contribution in [0.25, 0.3) is 167 Å². The number of rotatable bonds is 12. The molecule has 0 N–H and O–H groups in total. The highest BCUT2D eigenvalue weighted by Gasteiger charge is 2.35. The van der Waals surface area contributed by atoms with Gasteiger partial charge in [0.15, 0.2) is 17.5 Å². The number of ether oxygens (including phenoxy) is 1. The second-order valence-electron chi connectivity index (χ2n) is 25.8. The van der Waals surface area contributed by atoms with Gasteiger partial charge in [-0.3, -0.25) is 0 Å². The van der Waals surface area contributed by atoms with E-state index in [1.165, 1.54) is 60.3 Å². The molecule has 1 aliphatic carbocycles. The normalized spacial score (nSPS) is 13.9. The minimum absolute atomic E-state index is 0.0782. The molecule has 0 saturated heterocycles.